The van der Waals surface area contributed by atoms with Crippen LogP contribution in [0.3, 0.4) is 0 Å². The minimum absolute atomic E-state index is 0.435. The predicted molar refractivity (Wildman–Crippen MR) is 44.9 cm³/mol. The zero-order chi connectivity index (χ0) is 8.10. The van der Waals surface area contributed by atoms with Crippen LogP contribution < -0.4 is 0 Å². The Morgan fingerprint density at radius 3 is 2.45 bits per heavy atom. The summed E-state index contributed by atoms with van der Waals surface area (Å²) in [4.78, 5) is 0. The largest absolute Gasteiger partial charge is 0.233 e. The minimum Gasteiger partial charge on any atom is -0.233 e. The van der Waals surface area contributed by atoms with Crippen LogP contribution in [0.1, 0.15) is 18.9 Å². The third-order valence-corrected chi connectivity index (χ3v) is 1.68. The number of benzene rings is 1. The molecular weight excluding hydrogens is 136 g/mol. The molecule has 1 heteroatoms. The SMILES string of the molecule is CC([O])CCc1ccccc1. The highest BCUT2D eigenvalue weighted by Crippen LogP contribution is 2.04. The summed E-state index contributed by atoms with van der Waals surface area (Å²) < 4.78 is 0. The molecule has 0 N–H and O–H groups in total. The van der Waals surface area contributed by atoms with Gasteiger partial charge in [-0.25, -0.2) is 5.11 Å². The number of hydrogen-bond donors (Lipinski definition) is 0. The maximum atomic E-state index is 10.7. The van der Waals surface area contributed by atoms with Crippen LogP contribution in [0.5, 0.6) is 0 Å². The molecule has 1 aromatic carbocycles. The van der Waals surface area contributed by atoms with Crippen LogP contribution >= 0.6 is 0 Å². The quantitative estimate of drug-likeness (QED) is 0.629. The Labute approximate surface area is 67.7 Å². The fraction of sp³-hybridized carbons (Fsp3) is 0.400. The Kier molecular flexibility index (Phi) is 3.12. The van der Waals surface area contributed by atoms with Gasteiger partial charge in [0.1, 0.15) is 0 Å². The van der Waals surface area contributed by atoms with Crippen molar-refractivity contribution in [2.24, 2.45) is 0 Å². The van der Waals surface area contributed by atoms with Gasteiger partial charge in [0.2, 0.25) is 0 Å². The molecule has 0 heterocycles. The van der Waals surface area contributed by atoms with Crippen molar-refractivity contribution in [3.63, 3.8) is 0 Å². The molecule has 0 fully saturated rings. The highest BCUT2D eigenvalue weighted by atomic mass is 16.3. The van der Waals surface area contributed by atoms with Gasteiger partial charge in [-0.3, -0.25) is 0 Å². The Bertz CT molecular complexity index is 191. The lowest BCUT2D eigenvalue weighted by molar-refractivity contribution is 0.0980. The Morgan fingerprint density at radius 1 is 1.27 bits per heavy atom. The van der Waals surface area contributed by atoms with E-state index in [0.29, 0.717) is 0 Å². The first-order valence-corrected chi connectivity index (χ1v) is 3.99. The van der Waals surface area contributed by atoms with E-state index >= 15 is 0 Å². The molecule has 11 heavy (non-hydrogen) atoms. The molecule has 0 bridgehead atoms. The normalized spacial score (nSPS) is 12.9. The van der Waals surface area contributed by atoms with Gasteiger partial charge in [0.05, 0.1) is 6.10 Å². The van der Waals surface area contributed by atoms with Crippen LogP contribution in [0.25, 0.3) is 0 Å². The Morgan fingerprint density at radius 2 is 1.91 bits per heavy atom. The highest BCUT2D eigenvalue weighted by molar-refractivity contribution is 5.14. The molecule has 59 valence electrons. The average molecular weight is 149 g/mol. The summed E-state index contributed by atoms with van der Waals surface area (Å²) in [6, 6.07) is 10.1. The number of rotatable bonds is 3. The second-order valence-electron chi connectivity index (χ2n) is 2.83. The Hall–Kier alpha value is -0.820. The van der Waals surface area contributed by atoms with Gasteiger partial charge in [-0.1, -0.05) is 30.3 Å². The van der Waals surface area contributed by atoms with Crippen LogP contribution in [0.15, 0.2) is 30.3 Å². The van der Waals surface area contributed by atoms with Crippen LogP contribution in [-0.2, 0) is 11.5 Å². The smallest absolute Gasteiger partial charge is 0.0905 e. The fourth-order valence-corrected chi connectivity index (χ4v) is 1.01. The molecule has 0 aliphatic rings. The molecule has 1 unspecified atom stereocenters. The van der Waals surface area contributed by atoms with Gasteiger partial charge in [-0.05, 0) is 25.3 Å². The zero-order valence-corrected chi connectivity index (χ0v) is 6.79. The van der Waals surface area contributed by atoms with Crippen molar-refractivity contribution in [2.75, 3.05) is 0 Å². The predicted octanol–water partition coefficient (Wildman–Crippen LogP) is 2.44. The standard InChI is InChI=1S/C10H13O/c1-9(11)7-8-10-5-3-2-4-6-10/h2-6,9H,7-8H2,1H3. The summed E-state index contributed by atoms with van der Waals surface area (Å²) in [5.41, 5.74) is 1.26. The second kappa shape index (κ2) is 4.14. The van der Waals surface area contributed by atoms with Crippen LogP contribution in [-0.4, -0.2) is 6.10 Å². The summed E-state index contributed by atoms with van der Waals surface area (Å²) in [6.45, 7) is 1.71. The van der Waals surface area contributed by atoms with E-state index in [0.717, 1.165) is 12.8 Å². The van der Waals surface area contributed by atoms with Crippen molar-refractivity contribution in [1.29, 1.82) is 0 Å². The molecule has 1 radical (unpaired) electrons. The summed E-state index contributed by atoms with van der Waals surface area (Å²) >= 11 is 0. The molecule has 1 nitrogen and oxygen atoms in total. The molecule has 0 aromatic heterocycles. The molecule has 0 aliphatic carbocycles. The lowest BCUT2D eigenvalue weighted by Crippen LogP contribution is -1.99. The van der Waals surface area contributed by atoms with E-state index in [9.17, 15) is 5.11 Å². The second-order valence-corrected chi connectivity index (χ2v) is 2.83. The molecule has 1 aromatic rings. The maximum absolute atomic E-state index is 10.7. The Balaban J connectivity index is 2.39. The van der Waals surface area contributed by atoms with E-state index in [1.165, 1.54) is 5.56 Å². The summed E-state index contributed by atoms with van der Waals surface area (Å²) in [5.74, 6) is 0. The van der Waals surface area contributed by atoms with Gasteiger partial charge in [0.15, 0.2) is 0 Å². The van der Waals surface area contributed by atoms with Gasteiger partial charge in [0.25, 0.3) is 0 Å². The molecule has 0 aliphatic heterocycles. The highest BCUT2D eigenvalue weighted by Gasteiger charge is 1.97. The first-order valence-electron chi connectivity index (χ1n) is 3.99. The summed E-state index contributed by atoms with van der Waals surface area (Å²) in [5, 5.41) is 10.7. The van der Waals surface area contributed by atoms with Crippen molar-refractivity contribution in [3.8, 4) is 0 Å². The van der Waals surface area contributed by atoms with E-state index < -0.39 is 6.10 Å². The number of hydrogen-bond acceptors (Lipinski definition) is 0. The van der Waals surface area contributed by atoms with Gasteiger partial charge < -0.3 is 0 Å². The van der Waals surface area contributed by atoms with Crippen LogP contribution in [0.4, 0.5) is 0 Å². The molecule has 0 spiro atoms. The van der Waals surface area contributed by atoms with Gasteiger partial charge in [-0.15, -0.1) is 0 Å². The monoisotopic (exact) mass is 149 g/mol. The topological polar surface area (TPSA) is 19.9 Å². The van der Waals surface area contributed by atoms with Crippen molar-refractivity contribution >= 4 is 0 Å². The third-order valence-electron chi connectivity index (χ3n) is 1.68. The fourth-order valence-electron chi connectivity index (χ4n) is 1.01. The van der Waals surface area contributed by atoms with Crippen LogP contribution in [0.2, 0.25) is 0 Å². The molecular formula is C10H13O. The van der Waals surface area contributed by atoms with Crippen molar-refractivity contribution in [3.05, 3.63) is 35.9 Å². The van der Waals surface area contributed by atoms with Gasteiger partial charge >= 0.3 is 0 Å². The van der Waals surface area contributed by atoms with Crippen molar-refractivity contribution < 1.29 is 5.11 Å². The third kappa shape index (κ3) is 3.19. The van der Waals surface area contributed by atoms with E-state index in [2.05, 4.69) is 12.1 Å². The van der Waals surface area contributed by atoms with Gasteiger partial charge in [-0.2, -0.15) is 0 Å². The van der Waals surface area contributed by atoms with Crippen LogP contribution in [0, 0.1) is 0 Å². The van der Waals surface area contributed by atoms with Crippen molar-refractivity contribution in [1.82, 2.24) is 0 Å². The van der Waals surface area contributed by atoms with E-state index in [-0.39, 0.29) is 0 Å². The number of aryl methyl sites for hydroxylation is 1. The molecule has 0 saturated heterocycles. The zero-order valence-electron chi connectivity index (χ0n) is 6.79. The van der Waals surface area contributed by atoms with Crippen molar-refractivity contribution in [2.45, 2.75) is 25.9 Å². The van der Waals surface area contributed by atoms with E-state index in [1.807, 2.05) is 18.2 Å². The first-order chi connectivity index (χ1) is 5.29. The first kappa shape index (κ1) is 8.28. The van der Waals surface area contributed by atoms with E-state index in [1.54, 1.807) is 6.92 Å². The van der Waals surface area contributed by atoms with Gasteiger partial charge in [0, 0.05) is 0 Å². The molecule has 0 amide bonds. The molecule has 0 saturated carbocycles. The average Bonchev–Trinajstić information content (AvgIpc) is 2.03. The summed E-state index contributed by atoms with van der Waals surface area (Å²) in [6.07, 6.45) is 1.21. The maximum Gasteiger partial charge on any atom is 0.0905 e. The minimum atomic E-state index is -0.435. The lowest BCUT2D eigenvalue weighted by atomic mass is 10.1. The molecule has 1 rings (SSSR count). The molecule has 1 atom stereocenters. The lowest BCUT2D eigenvalue weighted by Gasteiger charge is -2.00. The summed E-state index contributed by atoms with van der Waals surface area (Å²) in [7, 11) is 0. The van der Waals surface area contributed by atoms with E-state index in [4.69, 9.17) is 0 Å².